The van der Waals surface area contributed by atoms with Crippen molar-refractivity contribution in [3.8, 4) is 12.1 Å². The molecule has 362 valence electrons. The Hall–Kier alpha value is -2.39. The number of nitrogen functional groups attached to an aromatic ring is 1. The van der Waals surface area contributed by atoms with Crippen LogP contribution >= 0.6 is 58.0 Å². The van der Waals surface area contributed by atoms with Gasteiger partial charge in [0.1, 0.15) is 32.7 Å². The van der Waals surface area contributed by atoms with Crippen LogP contribution in [0, 0.1) is 70.5 Å². The average Bonchev–Trinajstić information content (AvgIpc) is 3.25. The van der Waals surface area contributed by atoms with Crippen molar-refractivity contribution in [1.29, 1.82) is 10.5 Å². The van der Waals surface area contributed by atoms with Crippen LogP contribution in [0.25, 0.3) is 0 Å². The molecule has 2 heterocycles. The topological polar surface area (TPSA) is 339 Å². The Labute approximate surface area is 527 Å². The summed E-state index contributed by atoms with van der Waals surface area (Å²) in [6.07, 6.45) is 1.39. The zero-order chi connectivity index (χ0) is 50.9. The van der Waals surface area contributed by atoms with Crippen LogP contribution in [-0.4, -0.2) is 85.1 Å². The molecule has 3 N–H and O–H groups in total. The van der Waals surface area contributed by atoms with Gasteiger partial charge in [0.2, 0.25) is 28.6 Å². The van der Waals surface area contributed by atoms with Crippen LogP contribution in [0.1, 0.15) is 15.3 Å². The molecule has 3 aromatic carbocycles. The van der Waals surface area contributed by atoms with Crippen LogP contribution in [0.15, 0.2) is 47.9 Å². The minimum Gasteiger partial charge on any atom is -1.00 e. The van der Waals surface area contributed by atoms with Crippen LogP contribution < -0.4 is 159 Å². The fourth-order valence-electron chi connectivity index (χ4n) is 3.86. The minimum atomic E-state index is -1.09. The number of nitro groups is 3. The van der Waals surface area contributed by atoms with Gasteiger partial charge < -0.3 is 46.5 Å². The number of nitrogens with zero attached hydrogens (tertiary/aromatic N) is 6. The van der Waals surface area contributed by atoms with E-state index in [2.05, 4.69) is 10.2 Å². The van der Waals surface area contributed by atoms with Crippen LogP contribution in [-0.2, 0) is 38.2 Å². The Kier molecular flexibility index (Phi) is 44.9. The summed E-state index contributed by atoms with van der Waals surface area (Å²) in [5.41, 5.74) is 3.08. The number of halogens is 8. The number of nitrogens with one attached hydrogen (secondary N) is 1. The molecule has 23 nitrogen and oxygen atoms in total. The van der Waals surface area contributed by atoms with Crippen molar-refractivity contribution in [2.24, 2.45) is 0 Å². The number of nitro benzene ring substituents is 3. The third-order valence-corrected chi connectivity index (χ3v) is 7.67. The number of benzene rings is 3. The SMILES string of the molecule is CC#N.CC#N.ClC1=COCCO1.Nc1cc(F)c([N+](=O)[O-])cc1Cl.O=C(COCCCl)Nc1cc(F)c([N+](=O)[O-])cc1Cl.O=C1COCCN1c1cc(F)c([N+](=O)[O-])cc1Cl.O=CO[O-].[Cs+].[Cs+].[H-]. The fourth-order valence-corrected chi connectivity index (χ4v) is 4.73. The third-order valence-electron chi connectivity index (χ3n) is 6.37. The molecule has 0 aliphatic carbocycles. The summed E-state index contributed by atoms with van der Waals surface area (Å²) in [5.74, 6) is -3.80. The van der Waals surface area contributed by atoms with E-state index in [1.54, 1.807) is 12.1 Å². The van der Waals surface area contributed by atoms with E-state index in [-0.39, 0.29) is 216 Å². The molecule has 0 spiro atoms. The summed E-state index contributed by atoms with van der Waals surface area (Å²) >= 11 is 27.7. The van der Waals surface area contributed by atoms with E-state index in [1.165, 1.54) is 25.0 Å². The van der Waals surface area contributed by atoms with Gasteiger partial charge in [-0.3, -0.25) is 44.7 Å². The van der Waals surface area contributed by atoms with Crippen LogP contribution in [0.4, 0.5) is 47.3 Å². The maximum Gasteiger partial charge on any atom is 1.00 e. The summed E-state index contributed by atoms with van der Waals surface area (Å²) in [5, 5.41) is 56.6. The van der Waals surface area contributed by atoms with E-state index in [4.69, 9.17) is 103 Å². The Morgan fingerprint density at radius 2 is 1.35 bits per heavy atom. The number of ether oxygens (including phenoxy) is 4. The second-order valence-corrected chi connectivity index (χ2v) is 12.8. The zero-order valence-corrected chi connectivity index (χ0v) is 52.0. The second kappa shape index (κ2) is 42.3. The van der Waals surface area contributed by atoms with Crippen LogP contribution in [0.3, 0.4) is 0 Å². The first kappa shape index (κ1) is 72.2. The van der Waals surface area contributed by atoms with E-state index >= 15 is 0 Å². The standard InChI is InChI=1S/C10H9Cl2FN2O4.C10H8ClFN2O4.C6H4ClFN2O2.C4H5ClO2.2C2H3N.CH2O3.2Cs.H/c11-1-2-19-5-10(16)14-8-4-7(13)9(15(17)18)3-6(8)12;11-6-3-9(14(16)17)7(12)4-8(6)13-1-2-18-5-10(13)15;7-3-1-6(10(11)12)4(8)2-5(3)9;5-4-3-6-1-2-7-4;2*1-2-3;2-1-4-3;;;/h3-4H,1-2,5H2,(H,14,16);3-4H,1-2,5H2;1-2H,9H2;3H,1-2H2;2*1H3;1,3H;;;/q;;;;;;;2*+1;-1/p-1. The summed E-state index contributed by atoms with van der Waals surface area (Å²) in [4.78, 5) is 64.0. The first-order valence-corrected chi connectivity index (χ1v) is 19.1. The number of rotatable bonds is 10. The van der Waals surface area contributed by atoms with Gasteiger partial charge in [-0.05, 0) is 11.6 Å². The van der Waals surface area contributed by atoms with Crippen molar-refractivity contribution in [3.05, 3.63) is 111 Å². The van der Waals surface area contributed by atoms with Gasteiger partial charge in [-0.15, -0.1) is 11.6 Å². The van der Waals surface area contributed by atoms with Gasteiger partial charge in [0, 0.05) is 62.7 Å². The van der Waals surface area contributed by atoms with E-state index < -0.39 is 55.2 Å². The molecule has 33 heteroatoms. The van der Waals surface area contributed by atoms with Crippen molar-refractivity contribution in [2.75, 3.05) is 68.0 Å². The second-order valence-electron chi connectivity index (χ2n) is 10.8. The van der Waals surface area contributed by atoms with Gasteiger partial charge in [0.25, 0.3) is 12.4 Å². The molecule has 5 rings (SSSR count). The van der Waals surface area contributed by atoms with Gasteiger partial charge >= 0.3 is 155 Å². The van der Waals surface area contributed by atoms with Gasteiger partial charge in [-0.25, -0.2) is 0 Å². The molecule has 0 saturated carbocycles. The smallest absolute Gasteiger partial charge is 1.00 e. The Bertz CT molecular complexity index is 2250. The predicted octanol–water partition coefficient (Wildman–Crippen LogP) is 0.987. The molecular formula is C35H34Cl5Cs2F3N8O15. The number of alkyl halides is 1. The molecule has 68 heavy (non-hydrogen) atoms. The zero-order valence-electron chi connectivity index (χ0n) is 36.7. The number of morpholine rings is 1. The van der Waals surface area contributed by atoms with E-state index in [1.807, 2.05) is 0 Å². The largest absolute Gasteiger partial charge is 1.00 e. The first-order valence-electron chi connectivity index (χ1n) is 17.0. The number of hydrogen-bond donors (Lipinski definition) is 2. The average molecular weight is 1310 g/mol. The molecule has 0 atom stereocenters. The normalized spacial score (nSPS) is 11.3. The molecular weight excluding hydrogens is 1270 g/mol. The van der Waals surface area contributed by atoms with Crippen LogP contribution in [0.5, 0.6) is 0 Å². The molecule has 2 aliphatic rings. The van der Waals surface area contributed by atoms with Crippen molar-refractivity contribution < 1.29 is 211 Å². The van der Waals surface area contributed by atoms with Crippen molar-refractivity contribution >= 4 is 110 Å². The van der Waals surface area contributed by atoms with Crippen molar-refractivity contribution in [2.45, 2.75) is 13.8 Å². The number of nitrogens with two attached hydrogens (primary N) is 1. The monoisotopic (exact) mass is 1300 g/mol. The van der Waals surface area contributed by atoms with Crippen molar-refractivity contribution in [1.82, 2.24) is 0 Å². The molecule has 2 aliphatic heterocycles. The minimum absolute atomic E-state index is 0. The summed E-state index contributed by atoms with van der Waals surface area (Å²) in [7, 11) is 0. The van der Waals surface area contributed by atoms with E-state index in [0.29, 0.717) is 25.0 Å². The quantitative estimate of drug-likeness (QED) is 0.0544. The molecule has 2 amide bonds. The number of anilines is 3. The number of amides is 2. The number of hydrogen-bond acceptors (Lipinski definition) is 18. The van der Waals surface area contributed by atoms with E-state index in [0.717, 1.165) is 36.4 Å². The van der Waals surface area contributed by atoms with Gasteiger partial charge in [-0.2, -0.15) is 23.7 Å². The molecule has 1 saturated heterocycles. The summed E-state index contributed by atoms with van der Waals surface area (Å²) in [6, 6.07) is 8.59. The Balaban J connectivity index is -0.000000252. The molecule has 0 aromatic heterocycles. The molecule has 3 aromatic rings. The fraction of sp³-hybridized carbons (Fsp3) is 0.286. The number of nitriles is 2. The Morgan fingerprint density at radius 3 is 1.76 bits per heavy atom. The summed E-state index contributed by atoms with van der Waals surface area (Å²) in [6.45, 7) is 4.19. The number of carbonyl (C=O) groups is 3. The van der Waals surface area contributed by atoms with Gasteiger partial charge in [0.15, 0.2) is 0 Å². The van der Waals surface area contributed by atoms with Crippen molar-refractivity contribution in [3.63, 3.8) is 0 Å². The maximum atomic E-state index is 13.5. The first-order chi connectivity index (χ1) is 31.1. The van der Waals surface area contributed by atoms with Gasteiger partial charge in [0.05, 0.1) is 72.3 Å². The number of carbonyl (C=O) groups excluding carboxylic acids is 3. The van der Waals surface area contributed by atoms with Crippen LogP contribution in [0.2, 0.25) is 15.1 Å². The molecule has 1 fully saturated rings. The molecule has 0 unspecified atom stereocenters. The summed E-state index contributed by atoms with van der Waals surface area (Å²) < 4.78 is 58.9. The predicted molar refractivity (Wildman–Crippen MR) is 229 cm³/mol. The molecule has 0 bridgehead atoms. The Morgan fingerprint density at radius 1 is 0.882 bits per heavy atom. The molecule has 0 radical (unpaired) electrons. The maximum absolute atomic E-state index is 13.5. The van der Waals surface area contributed by atoms with Gasteiger partial charge in [-0.1, -0.05) is 34.8 Å². The third kappa shape index (κ3) is 30.4. The van der Waals surface area contributed by atoms with E-state index in [9.17, 15) is 53.1 Å².